The lowest BCUT2D eigenvalue weighted by atomic mass is 9.96. The summed E-state index contributed by atoms with van der Waals surface area (Å²) in [4.78, 5) is 11.2. The quantitative estimate of drug-likeness (QED) is 0.431. The summed E-state index contributed by atoms with van der Waals surface area (Å²) in [5.74, 6) is 1.74. The normalized spacial score (nSPS) is 14.6. The van der Waals surface area contributed by atoms with Crippen molar-refractivity contribution in [2.75, 3.05) is 0 Å². The average molecular weight is 236 g/mol. The van der Waals surface area contributed by atoms with Gasteiger partial charge in [-0.1, -0.05) is 52.7 Å². The van der Waals surface area contributed by atoms with Crippen LogP contribution in [-0.2, 0) is 4.79 Å². The second kappa shape index (κ2) is 9.21. The van der Waals surface area contributed by atoms with Crippen molar-refractivity contribution in [3.05, 3.63) is 23.8 Å². The van der Waals surface area contributed by atoms with Crippen LogP contribution in [0.15, 0.2) is 23.8 Å². The van der Waals surface area contributed by atoms with E-state index in [9.17, 15) is 4.79 Å². The minimum Gasteiger partial charge on any atom is -0.295 e. The smallest absolute Gasteiger partial charge is 0.155 e. The number of carbonyl (C=O) groups excluding carboxylic acids is 1. The number of rotatable bonds is 8. The zero-order valence-corrected chi connectivity index (χ0v) is 12.1. The Hall–Kier alpha value is -0.850. The van der Waals surface area contributed by atoms with Crippen molar-refractivity contribution in [2.24, 2.45) is 11.8 Å². The van der Waals surface area contributed by atoms with Crippen LogP contribution in [0.3, 0.4) is 0 Å². The van der Waals surface area contributed by atoms with Gasteiger partial charge in [0.1, 0.15) is 0 Å². The lowest BCUT2D eigenvalue weighted by molar-refractivity contribution is -0.114. The van der Waals surface area contributed by atoms with Crippen LogP contribution in [0.2, 0.25) is 0 Å². The van der Waals surface area contributed by atoms with Crippen LogP contribution < -0.4 is 0 Å². The van der Waals surface area contributed by atoms with Gasteiger partial charge in [0, 0.05) is 6.42 Å². The summed E-state index contributed by atoms with van der Waals surface area (Å²) in [6.07, 6.45) is 10.3. The predicted octanol–water partition coefficient (Wildman–Crippen LogP) is 4.93. The zero-order valence-electron chi connectivity index (χ0n) is 12.1. The van der Waals surface area contributed by atoms with Crippen molar-refractivity contribution in [3.8, 4) is 0 Å². The van der Waals surface area contributed by atoms with Crippen LogP contribution in [0.25, 0.3) is 0 Å². The summed E-state index contributed by atoms with van der Waals surface area (Å²) in [6.45, 7) is 10.7. The largest absolute Gasteiger partial charge is 0.295 e. The second-order valence-corrected chi connectivity index (χ2v) is 5.42. The highest BCUT2D eigenvalue weighted by molar-refractivity contribution is 5.90. The molecule has 0 aromatic heterocycles. The molecular formula is C16H28O. The SMILES string of the molecule is CCC(=O)C=C(C)C=CCC(C)CCC(C)C. The Kier molecular flexibility index (Phi) is 8.75. The van der Waals surface area contributed by atoms with Crippen LogP contribution >= 0.6 is 0 Å². The fourth-order valence-corrected chi connectivity index (χ4v) is 1.63. The number of carbonyl (C=O) groups is 1. The summed E-state index contributed by atoms with van der Waals surface area (Å²) in [5, 5.41) is 0. The maximum absolute atomic E-state index is 11.2. The van der Waals surface area contributed by atoms with Crippen molar-refractivity contribution in [1.29, 1.82) is 0 Å². The Bertz CT molecular complexity index is 271. The van der Waals surface area contributed by atoms with Crippen molar-refractivity contribution in [2.45, 2.75) is 60.3 Å². The van der Waals surface area contributed by atoms with Crippen molar-refractivity contribution in [1.82, 2.24) is 0 Å². The minimum atomic E-state index is 0.208. The van der Waals surface area contributed by atoms with Crippen LogP contribution in [0.5, 0.6) is 0 Å². The number of hydrogen-bond acceptors (Lipinski definition) is 1. The Morgan fingerprint density at radius 2 is 1.82 bits per heavy atom. The maximum Gasteiger partial charge on any atom is 0.155 e. The molecule has 0 aliphatic rings. The zero-order chi connectivity index (χ0) is 13.3. The van der Waals surface area contributed by atoms with Crippen LogP contribution in [0.4, 0.5) is 0 Å². The molecule has 0 fully saturated rings. The van der Waals surface area contributed by atoms with Gasteiger partial charge in [-0.05, 0) is 36.8 Å². The third kappa shape index (κ3) is 10.0. The van der Waals surface area contributed by atoms with Gasteiger partial charge < -0.3 is 0 Å². The molecule has 1 unspecified atom stereocenters. The van der Waals surface area contributed by atoms with Crippen LogP contribution in [-0.4, -0.2) is 5.78 Å². The highest BCUT2D eigenvalue weighted by Crippen LogP contribution is 2.15. The molecule has 0 aliphatic heterocycles. The predicted molar refractivity (Wildman–Crippen MR) is 76.0 cm³/mol. The van der Waals surface area contributed by atoms with Gasteiger partial charge in [-0.3, -0.25) is 4.79 Å². The van der Waals surface area contributed by atoms with E-state index < -0.39 is 0 Å². The molecule has 0 spiro atoms. The number of hydrogen-bond donors (Lipinski definition) is 0. The topological polar surface area (TPSA) is 17.1 Å². The van der Waals surface area contributed by atoms with E-state index in [1.165, 1.54) is 12.8 Å². The number of ketones is 1. The third-order valence-corrected chi connectivity index (χ3v) is 2.89. The molecule has 17 heavy (non-hydrogen) atoms. The van der Waals surface area contributed by atoms with Crippen LogP contribution in [0.1, 0.15) is 60.3 Å². The van der Waals surface area contributed by atoms with Gasteiger partial charge in [-0.25, -0.2) is 0 Å². The first-order chi connectivity index (χ1) is 7.95. The van der Waals surface area contributed by atoms with Gasteiger partial charge in [-0.15, -0.1) is 0 Å². The summed E-state index contributed by atoms with van der Waals surface area (Å²) in [7, 11) is 0. The summed E-state index contributed by atoms with van der Waals surface area (Å²) in [6, 6.07) is 0. The fourth-order valence-electron chi connectivity index (χ4n) is 1.63. The molecule has 0 aromatic carbocycles. The Labute approximate surface area is 107 Å². The molecule has 98 valence electrons. The van der Waals surface area contributed by atoms with E-state index in [0.717, 1.165) is 23.8 Å². The standard InChI is InChI=1S/C16H28O/c1-6-16(17)12-15(5)9-7-8-14(4)11-10-13(2)3/h7,9,12-14H,6,8,10-11H2,1-5H3. The molecule has 0 amide bonds. The molecule has 0 heterocycles. The highest BCUT2D eigenvalue weighted by Gasteiger charge is 2.01. The maximum atomic E-state index is 11.2. The molecular weight excluding hydrogens is 208 g/mol. The molecule has 0 N–H and O–H groups in total. The monoisotopic (exact) mass is 236 g/mol. The van der Waals surface area contributed by atoms with E-state index in [4.69, 9.17) is 0 Å². The molecule has 0 aliphatic carbocycles. The van der Waals surface area contributed by atoms with E-state index >= 15 is 0 Å². The number of allylic oxidation sites excluding steroid dienone is 4. The summed E-state index contributed by atoms with van der Waals surface area (Å²) < 4.78 is 0. The summed E-state index contributed by atoms with van der Waals surface area (Å²) >= 11 is 0. The first-order valence-electron chi connectivity index (χ1n) is 6.83. The van der Waals surface area contributed by atoms with Gasteiger partial charge in [0.25, 0.3) is 0 Å². The van der Waals surface area contributed by atoms with E-state index in [1.54, 1.807) is 6.08 Å². The molecule has 0 rings (SSSR count). The second-order valence-electron chi connectivity index (χ2n) is 5.42. The first-order valence-corrected chi connectivity index (χ1v) is 6.83. The van der Waals surface area contributed by atoms with Gasteiger partial charge in [0.2, 0.25) is 0 Å². The molecule has 0 aromatic rings. The van der Waals surface area contributed by atoms with Crippen molar-refractivity contribution in [3.63, 3.8) is 0 Å². The molecule has 0 radical (unpaired) electrons. The van der Waals surface area contributed by atoms with Gasteiger partial charge in [0.15, 0.2) is 5.78 Å². The van der Waals surface area contributed by atoms with Crippen molar-refractivity contribution >= 4 is 5.78 Å². The molecule has 1 nitrogen and oxygen atoms in total. The first kappa shape index (κ1) is 16.1. The van der Waals surface area contributed by atoms with E-state index in [-0.39, 0.29) is 5.78 Å². The Morgan fingerprint density at radius 3 is 2.35 bits per heavy atom. The third-order valence-electron chi connectivity index (χ3n) is 2.89. The van der Waals surface area contributed by atoms with E-state index in [0.29, 0.717) is 6.42 Å². The van der Waals surface area contributed by atoms with Crippen molar-refractivity contribution < 1.29 is 4.79 Å². The van der Waals surface area contributed by atoms with Crippen LogP contribution in [0, 0.1) is 11.8 Å². The highest BCUT2D eigenvalue weighted by atomic mass is 16.1. The Balaban J connectivity index is 3.93. The molecule has 1 heteroatoms. The minimum absolute atomic E-state index is 0.208. The lowest BCUT2D eigenvalue weighted by Crippen LogP contribution is -1.96. The Morgan fingerprint density at radius 1 is 1.18 bits per heavy atom. The molecule has 0 bridgehead atoms. The fraction of sp³-hybridized carbons (Fsp3) is 0.688. The molecule has 0 saturated carbocycles. The lowest BCUT2D eigenvalue weighted by Gasteiger charge is -2.10. The van der Waals surface area contributed by atoms with Gasteiger partial charge >= 0.3 is 0 Å². The molecule has 1 atom stereocenters. The van der Waals surface area contributed by atoms with E-state index in [2.05, 4.69) is 32.9 Å². The molecule has 0 saturated heterocycles. The summed E-state index contributed by atoms with van der Waals surface area (Å²) in [5.41, 5.74) is 1.06. The van der Waals surface area contributed by atoms with Gasteiger partial charge in [0.05, 0.1) is 0 Å². The van der Waals surface area contributed by atoms with Gasteiger partial charge in [-0.2, -0.15) is 0 Å². The van der Waals surface area contributed by atoms with E-state index in [1.807, 2.05) is 13.8 Å². The average Bonchev–Trinajstić information content (AvgIpc) is 2.26.